The number of amides is 2. The van der Waals surface area contributed by atoms with Gasteiger partial charge < -0.3 is 10.6 Å². The lowest BCUT2D eigenvalue weighted by Crippen LogP contribution is -2.24. The molecule has 136 valence electrons. The van der Waals surface area contributed by atoms with Crippen LogP contribution < -0.4 is 10.6 Å². The topological polar surface area (TPSA) is 92.3 Å². The maximum Gasteiger partial charge on any atom is 0.251 e. The highest BCUT2D eigenvalue weighted by Gasteiger charge is 2.18. The van der Waals surface area contributed by atoms with Crippen molar-refractivity contribution in [3.8, 4) is 0 Å². The lowest BCUT2D eigenvalue weighted by molar-refractivity contribution is -0.113. The molecule has 0 fully saturated rings. The highest BCUT2D eigenvalue weighted by Crippen LogP contribution is 2.11. The Bertz CT molecular complexity index is 876. The van der Waals surface area contributed by atoms with Gasteiger partial charge in [0.05, 0.1) is 5.75 Å². The molecule has 0 spiro atoms. The molecular formula is C19H20N2O4S. The van der Waals surface area contributed by atoms with Crippen LogP contribution in [0.25, 0.3) is 0 Å². The van der Waals surface area contributed by atoms with Gasteiger partial charge in [-0.1, -0.05) is 36.4 Å². The van der Waals surface area contributed by atoms with Gasteiger partial charge in [0.2, 0.25) is 5.91 Å². The van der Waals surface area contributed by atoms with Crippen molar-refractivity contribution in [1.29, 1.82) is 0 Å². The molecule has 2 aromatic carbocycles. The molecule has 0 heterocycles. The average Bonchev–Trinajstić information content (AvgIpc) is 2.60. The van der Waals surface area contributed by atoms with Gasteiger partial charge in [-0.3, -0.25) is 9.59 Å². The Morgan fingerprint density at radius 1 is 1.00 bits per heavy atom. The molecule has 0 saturated heterocycles. The van der Waals surface area contributed by atoms with Crippen LogP contribution in [0.15, 0.2) is 67.3 Å². The summed E-state index contributed by atoms with van der Waals surface area (Å²) in [5.74, 6) is -1.73. The van der Waals surface area contributed by atoms with E-state index in [-0.39, 0.29) is 11.7 Å². The lowest BCUT2D eigenvalue weighted by Gasteiger charge is -2.07. The van der Waals surface area contributed by atoms with Crippen LogP contribution in [-0.2, 0) is 20.4 Å². The summed E-state index contributed by atoms with van der Waals surface area (Å²) in [5, 5.41) is 5.19. The van der Waals surface area contributed by atoms with E-state index in [4.69, 9.17) is 0 Å². The van der Waals surface area contributed by atoms with Crippen LogP contribution in [0, 0.1) is 0 Å². The second-order valence-electron chi connectivity index (χ2n) is 5.64. The molecule has 0 unspecified atom stereocenters. The molecule has 26 heavy (non-hydrogen) atoms. The van der Waals surface area contributed by atoms with E-state index < -0.39 is 21.5 Å². The van der Waals surface area contributed by atoms with Crippen molar-refractivity contribution in [1.82, 2.24) is 5.32 Å². The smallest absolute Gasteiger partial charge is 0.251 e. The molecule has 0 aromatic heterocycles. The summed E-state index contributed by atoms with van der Waals surface area (Å²) in [6.45, 7) is 3.87. The molecular weight excluding hydrogens is 352 g/mol. The zero-order chi connectivity index (χ0) is 19.0. The largest absolute Gasteiger partial charge is 0.349 e. The van der Waals surface area contributed by atoms with Gasteiger partial charge in [0.1, 0.15) is 5.75 Å². The summed E-state index contributed by atoms with van der Waals surface area (Å²) >= 11 is 0. The molecule has 0 radical (unpaired) electrons. The van der Waals surface area contributed by atoms with Crippen molar-refractivity contribution in [3.63, 3.8) is 0 Å². The van der Waals surface area contributed by atoms with E-state index in [2.05, 4.69) is 17.2 Å². The van der Waals surface area contributed by atoms with Crippen molar-refractivity contribution in [3.05, 3.63) is 78.4 Å². The fourth-order valence-corrected chi connectivity index (χ4v) is 3.52. The first kappa shape index (κ1) is 19.4. The van der Waals surface area contributed by atoms with Crippen LogP contribution in [0.4, 0.5) is 5.69 Å². The Hall–Kier alpha value is -2.93. The van der Waals surface area contributed by atoms with Crippen molar-refractivity contribution >= 4 is 27.3 Å². The maximum absolute atomic E-state index is 12.2. The van der Waals surface area contributed by atoms with E-state index in [0.717, 1.165) is 0 Å². The molecule has 0 aliphatic rings. The summed E-state index contributed by atoms with van der Waals surface area (Å²) in [5.41, 5.74) is 1.48. The van der Waals surface area contributed by atoms with Crippen LogP contribution >= 0.6 is 0 Å². The molecule has 2 aromatic rings. The Morgan fingerprint density at radius 3 is 2.27 bits per heavy atom. The van der Waals surface area contributed by atoms with E-state index in [0.29, 0.717) is 23.4 Å². The SMILES string of the molecule is C=CCNC(=O)c1ccc(CS(=O)(=O)CC(=O)Nc2ccccc2)cc1. The van der Waals surface area contributed by atoms with Crippen LogP contribution in [0.3, 0.4) is 0 Å². The second kappa shape index (κ2) is 8.96. The Balaban J connectivity index is 1.94. The number of rotatable bonds is 8. The quantitative estimate of drug-likeness (QED) is 0.695. The van der Waals surface area contributed by atoms with E-state index in [1.54, 1.807) is 60.7 Å². The second-order valence-corrected chi connectivity index (χ2v) is 7.71. The van der Waals surface area contributed by atoms with Crippen LogP contribution in [0.5, 0.6) is 0 Å². The van der Waals surface area contributed by atoms with Crippen molar-refractivity contribution in [2.24, 2.45) is 0 Å². The van der Waals surface area contributed by atoms with E-state index in [9.17, 15) is 18.0 Å². The van der Waals surface area contributed by atoms with Gasteiger partial charge in [-0.25, -0.2) is 8.42 Å². The standard InChI is InChI=1S/C19H20N2O4S/c1-2-12-20-19(23)16-10-8-15(9-11-16)13-26(24,25)14-18(22)21-17-6-4-3-5-7-17/h2-11H,1,12-14H2,(H,20,23)(H,21,22). The van der Waals surface area contributed by atoms with Gasteiger partial charge in [-0.2, -0.15) is 0 Å². The first-order chi connectivity index (χ1) is 12.4. The number of hydrogen-bond donors (Lipinski definition) is 2. The number of hydrogen-bond acceptors (Lipinski definition) is 4. The number of carbonyl (C=O) groups is 2. The number of benzene rings is 2. The molecule has 7 heteroatoms. The van der Waals surface area contributed by atoms with E-state index >= 15 is 0 Å². The zero-order valence-corrected chi connectivity index (χ0v) is 15.0. The minimum atomic E-state index is -3.63. The zero-order valence-electron chi connectivity index (χ0n) is 14.1. The third-order valence-corrected chi connectivity index (χ3v) is 4.89. The number of carbonyl (C=O) groups excluding carboxylic acids is 2. The average molecular weight is 372 g/mol. The van der Waals surface area contributed by atoms with E-state index in [1.165, 1.54) is 0 Å². The first-order valence-electron chi connectivity index (χ1n) is 7.93. The third-order valence-electron chi connectivity index (χ3n) is 3.42. The number of anilines is 1. The number of para-hydroxylation sites is 1. The van der Waals surface area contributed by atoms with Gasteiger partial charge in [0.25, 0.3) is 5.91 Å². The predicted molar refractivity (Wildman–Crippen MR) is 102 cm³/mol. The minimum absolute atomic E-state index is 0.262. The highest BCUT2D eigenvalue weighted by atomic mass is 32.2. The van der Waals surface area contributed by atoms with Crippen LogP contribution in [0.1, 0.15) is 15.9 Å². The maximum atomic E-state index is 12.2. The molecule has 0 aliphatic heterocycles. The minimum Gasteiger partial charge on any atom is -0.349 e. The van der Waals surface area contributed by atoms with Gasteiger partial charge >= 0.3 is 0 Å². The summed E-state index contributed by atoms with van der Waals surface area (Å²) in [7, 11) is -3.63. The van der Waals surface area contributed by atoms with Gasteiger partial charge in [0.15, 0.2) is 9.84 Å². The molecule has 0 bridgehead atoms. The molecule has 2 amide bonds. The molecule has 0 atom stereocenters. The predicted octanol–water partition coefficient (Wildman–Crippen LogP) is 2.16. The summed E-state index contributed by atoms with van der Waals surface area (Å²) in [6.07, 6.45) is 1.57. The third kappa shape index (κ3) is 6.18. The molecule has 2 rings (SSSR count). The summed E-state index contributed by atoms with van der Waals surface area (Å²) < 4.78 is 24.4. The Morgan fingerprint density at radius 2 is 1.65 bits per heavy atom. The van der Waals surface area contributed by atoms with Gasteiger partial charge in [-0.05, 0) is 29.8 Å². The molecule has 6 nitrogen and oxygen atoms in total. The number of sulfone groups is 1. The normalized spacial score (nSPS) is 10.8. The van der Waals surface area contributed by atoms with E-state index in [1.807, 2.05) is 0 Å². The van der Waals surface area contributed by atoms with Gasteiger partial charge in [0, 0.05) is 17.8 Å². The molecule has 2 N–H and O–H groups in total. The van der Waals surface area contributed by atoms with Crippen LogP contribution in [-0.4, -0.2) is 32.5 Å². The van der Waals surface area contributed by atoms with Crippen LogP contribution in [0.2, 0.25) is 0 Å². The fourth-order valence-electron chi connectivity index (χ4n) is 2.24. The Labute approximate surface area is 152 Å². The summed E-state index contributed by atoms with van der Waals surface area (Å²) in [6, 6.07) is 14.9. The van der Waals surface area contributed by atoms with Crippen molar-refractivity contribution < 1.29 is 18.0 Å². The fraction of sp³-hybridized carbons (Fsp3) is 0.158. The Kier molecular flexibility index (Phi) is 6.68. The van der Waals surface area contributed by atoms with Crippen molar-refractivity contribution in [2.45, 2.75) is 5.75 Å². The number of nitrogens with one attached hydrogen (secondary N) is 2. The highest BCUT2D eigenvalue weighted by molar-refractivity contribution is 7.91. The molecule has 0 aliphatic carbocycles. The first-order valence-corrected chi connectivity index (χ1v) is 9.75. The lowest BCUT2D eigenvalue weighted by atomic mass is 10.1. The molecule has 0 saturated carbocycles. The van der Waals surface area contributed by atoms with Gasteiger partial charge in [-0.15, -0.1) is 6.58 Å². The monoisotopic (exact) mass is 372 g/mol. The summed E-state index contributed by atoms with van der Waals surface area (Å²) in [4.78, 5) is 23.7. The van der Waals surface area contributed by atoms with Crippen molar-refractivity contribution in [2.75, 3.05) is 17.6 Å².